The molecule has 1 saturated heterocycles. The number of rotatable bonds is 0. The van der Waals surface area contributed by atoms with E-state index in [1.165, 1.54) is 0 Å². The first kappa shape index (κ1) is 17.9. The van der Waals surface area contributed by atoms with Gasteiger partial charge in [0.2, 0.25) is 0 Å². The maximum atomic E-state index is 3.69. The minimum Gasteiger partial charge on any atom is -0.315 e. The first-order valence-electron chi connectivity index (χ1n) is 8.08. The largest absolute Gasteiger partial charge is 0.315 e. The van der Waals surface area contributed by atoms with Crippen molar-refractivity contribution in [3.05, 3.63) is 0 Å². The van der Waals surface area contributed by atoms with Gasteiger partial charge in [0.15, 0.2) is 0 Å². The van der Waals surface area contributed by atoms with E-state index in [-0.39, 0.29) is 16.6 Å². The summed E-state index contributed by atoms with van der Waals surface area (Å²) in [4.78, 5) is 0. The summed E-state index contributed by atoms with van der Waals surface area (Å²) in [5.74, 6) is 0. The van der Waals surface area contributed by atoms with Crippen molar-refractivity contribution in [3.8, 4) is 0 Å². The summed E-state index contributed by atoms with van der Waals surface area (Å²) in [7, 11) is 0. The molecule has 0 saturated carbocycles. The zero-order valence-electron chi connectivity index (χ0n) is 14.4. The van der Waals surface area contributed by atoms with Gasteiger partial charge in [-0.05, 0) is 60.9 Å². The molecular formula is C16H36N4. The molecule has 0 radical (unpaired) electrons. The fourth-order valence-electron chi connectivity index (χ4n) is 3.14. The highest BCUT2D eigenvalue weighted by Crippen LogP contribution is 2.19. The summed E-state index contributed by atoms with van der Waals surface area (Å²) >= 11 is 0. The average molecular weight is 284 g/mol. The Kier molecular flexibility index (Phi) is 6.45. The molecule has 0 spiro atoms. The predicted octanol–water partition coefficient (Wildman–Crippen LogP) is 1.47. The van der Waals surface area contributed by atoms with Crippen molar-refractivity contribution in [2.45, 2.75) is 71.0 Å². The lowest BCUT2D eigenvalue weighted by molar-refractivity contribution is 0.243. The van der Waals surface area contributed by atoms with E-state index in [0.29, 0.717) is 0 Å². The maximum Gasteiger partial charge on any atom is 0.0143 e. The molecule has 4 heteroatoms. The van der Waals surface area contributed by atoms with Crippen LogP contribution in [0.5, 0.6) is 0 Å². The van der Waals surface area contributed by atoms with Gasteiger partial charge in [0.05, 0.1) is 0 Å². The van der Waals surface area contributed by atoms with Crippen LogP contribution in [0.3, 0.4) is 0 Å². The molecule has 1 aliphatic heterocycles. The fourth-order valence-corrected chi connectivity index (χ4v) is 3.14. The molecule has 4 nitrogen and oxygen atoms in total. The van der Waals surface area contributed by atoms with Crippen molar-refractivity contribution in [1.82, 2.24) is 21.3 Å². The monoisotopic (exact) mass is 284 g/mol. The van der Waals surface area contributed by atoms with Gasteiger partial charge in [-0.1, -0.05) is 0 Å². The Morgan fingerprint density at radius 2 is 1.00 bits per heavy atom. The smallest absolute Gasteiger partial charge is 0.0143 e. The van der Waals surface area contributed by atoms with Gasteiger partial charge in [0.1, 0.15) is 0 Å². The second kappa shape index (κ2) is 7.21. The van der Waals surface area contributed by atoms with E-state index in [1.807, 2.05) is 0 Å². The maximum absolute atomic E-state index is 3.69. The van der Waals surface area contributed by atoms with Crippen LogP contribution in [0.4, 0.5) is 0 Å². The molecule has 1 rings (SSSR count). The normalized spacial score (nSPS) is 28.5. The standard InChI is InChI=1S/C16H36N4/c1-14(2)7-8-17-9-10-19-15(3,4)13-16(5,6)20-12-11-18-14/h17-20H,7-13H2,1-6H3. The molecular weight excluding hydrogens is 248 g/mol. The fraction of sp³-hybridized carbons (Fsp3) is 1.00. The van der Waals surface area contributed by atoms with Gasteiger partial charge in [-0.25, -0.2) is 0 Å². The van der Waals surface area contributed by atoms with Crippen LogP contribution < -0.4 is 21.3 Å². The number of hydrogen-bond donors (Lipinski definition) is 4. The van der Waals surface area contributed by atoms with E-state index in [2.05, 4.69) is 62.8 Å². The third-order valence-electron chi connectivity index (χ3n) is 4.05. The Hall–Kier alpha value is -0.160. The van der Waals surface area contributed by atoms with E-state index in [1.54, 1.807) is 0 Å². The lowest BCUT2D eigenvalue weighted by Crippen LogP contribution is -2.54. The molecule has 1 aliphatic rings. The van der Waals surface area contributed by atoms with Crippen molar-refractivity contribution in [2.75, 3.05) is 32.7 Å². The second-order valence-electron chi connectivity index (χ2n) is 8.11. The van der Waals surface area contributed by atoms with Gasteiger partial charge in [-0.15, -0.1) is 0 Å². The number of nitrogens with one attached hydrogen (secondary N) is 4. The Balaban J connectivity index is 2.58. The Bertz CT molecular complexity index is 284. The van der Waals surface area contributed by atoms with Gasteiger partial charge in [0, 0.05) is 42.8 Å². The molecule has 0 aromatic carbocycles. The Morgan fingerprint density at radius 1 is 0.550 bits per heavy atom. The molecule has 0 amide bonds. The van der Waals surface area contributed by atoms with Crippen molar-refractivity contribution in [1.29, 1.82) is 0 Å². The number of hydrogen-bond acceptors (Lipinski definition) is 4. The topological polar surface area (TPSA) is 48.1 Å². The molecule has 4 N–H and O–H groups in total. The summed E-state index contributed by atoms with van der Waals surface area (Å²) in [6.07, 6.45) is 2.27. The van der Waals surface area contributed by atoms with Crippen LogP contribution in [0.15, 0.2) is 0 Å². The predicted molar refractivity (Wildman–Crippen MR) is 88.3 cm³/mol. The molecule has 0 aromatic rings. The molecule has 0 aromatic heterocycles. The van der Waals surface area contributed by atoms with E-state index in [0.717, 1.165) is 45.6 Å². The summed E-state index contributed by atoms with van der Waals surface area (Å²) in [5, 5.41) is 14.5. The lowest BCUT2D eigenvalue weighted by Gasteiger charge is -2.37. The van der Waals surface area contributed by atoms with Crippen molar-refractivity contribution < 1.29 is 0 Å². The van der Waals surface area contributed by atoms with E-state index in [9.17, 15) is 0 Å². The minimum atomic E-state index is 0.153. The van der Waals surface area contributed by atoms with Crippen LogP contribution in [-0.4, -0.2) is 49.3 Å². The van der Waals surface area contributed by atoms with Crippen molar-refractivity contribution >= 4 is 0 Å². The zero-order valence-corrected chi connectivity index (χ0v) is 14.4. The third-order valence-corrected chi connectivity index (χ3v) is 4.05. The van der Waals surface area contributed by atoms with Crippen LogP contribution in [-0.2, 0) is 0 Å². The van der Waals surface area contributed by atoms with Crippen LogP contribution in [0.1, 0.15) is 54.4 Å². The molecule has 0 bridgehead atoms. The van der Waals surface area contributed by atoms with Crippen LogP contribution in [0.2, 0.25) is 0 Å². The highest BCUT2D eigenvalue weighted by atomic mass is 15.1. The quantitative estimate of drug-likeness (QED) is 0.544. The highest BCUT2D eigenvalue weighted by Gasteiger charge is 2.28. The molecule has 0 aliphatic carbocycles. The van der Waals surface area contributed by atoms with Crippen molar-refractivity contribution in [3.63, 3.8) is 0 Å². The molecule has 0 atom stereocenters. The third kappa shape index (κ3) is 7.58. The zero-order chi connectivity index (χ0) is 15.3. The molecule has 20 heavy (non-hydrogen) atoms. The van der Waals surface area contributed by atoms with E-state index in [4.69, 9.17) is 0 Å². The first-order valence-corrected chi connectivity index (χ1v) is 8.08. The van der Waals surface area contributed by atoms with Crippen LogP contribution in [0.25, 0.3) is 0 Å². The van der Waals surface area contributed by atoms with Crippen molar-refractivity contribution in [2.24, 2.45) is 0 Å². The Labute approximate surface area is 125 Å². The SMILES string of the molecule is CC1(C)CCNCCNC(C)(C)CC(C)(C)NCCN1. The summed E-state index contributed by atoms with van der Waals surface area (Å²) in [6.45, 7) is 18.9. The summed E-state index contributed by atoms with van der Waals surface area (Å²) < 4.78 is 0. The molecule has 0 unspecified atom stereocenters. The van der Waals surface area contributed by atoms with Gasteiger partial charge in [0.25, 0.3) is 0 Å². The van der Waals surface area contributed by atoms with Gasteiger partial charge >= 0.3 is 0 Å². The Morgan fingerprint density at radius 3 is 1.55 bits per heavy atom. The molecule has 120 valence electrons. The van der Waals surface area contributed by atoms with E-state index >= 15 is 0 Å². The summed E-state index contributed by atoms with van der Waals surface area (Å²) in [6, 6.07) is 0. The minimum absolute atomic E-state index is 0.153. The van der Waals surface area contributed by atoms with Crippen LogP contribution >= 0.6 is 0 Å². The average Bonchev–Trinajstić information content (AvgIpc) is 2.27. The van der Waals surface area contributed by atoms with E-state index < -0.39 is 0 Å². The first-order chi connectivity index (χ1) is 9.12. The van der Waals surface area contributed by atoms with Gasteiger partial charge in [-0.2, -0.15) is 0 Å². The lowest BCUT2D eigenvalue weighted by atomic mass is 9.86. The molecule has 1 fully saturated rings. The van der Waals surface area contributed by atoms with Crippen LogP contribution in [0, 0.1) is 0 Å². The van der Waals surface area contributed by atoms with Gasteiger partial charge in [-0.3, -0.25) is 0 Å². The van der Waals surface area contributed by atoms with Gasteiger partial charge < -0.3 is 21.3 Å². The molecule has 1 heterocycles. The summed E-state index contributed by atoms with van der Waals surface area (Å²) in [5.41, 5.74) is 0.518. The highest BCUT2D eigenvalue weighted by molar-refractivity contribution is 4.91. The second-order valence-corrected chi connectivity index (χ2v) is 8.11.